The lowest BCUT2D eigenvalue weighted by atomic mass is 10.1. The number of aryl methyl sites for hydroxylation is 1. The Morgan fingerprint density at radius 2 is 2.16 bits per heavy atom. The Hall–Kier alpha value is -2.04. The van der Waals surface area contributed by atoms with Gasteiger partial charge in [0.15, 0.2) is 0 Å². The van der Waals surface area contributed by atoms with Gasteiger partial charge in [-0.15, -0.1) is 11.3 Å². The molecule has 0 N–H and O–H groups in total. The van der Waals surface area contributed by atoms with Crippen molar-refractivity contribution < 1.29 is 14.3 Å². The number of carbonyl (C=O) groups is 1. The first-order chi connectivity index (χ1) is 12.0. The van der Waals surface area contributed by atoms with Crippen LogP contribution in [-0.4, -0.2) is 12.6 Å². The largest absolute Gasteiger partial charge is 0.489 e. The highest BCUT2D eigenvalue weighted by atomic mass is 35.5. The van der Waals surface area contributed by atoms with Crippen molar-refractivity contribution in [2.24, 2.45) is 0 Å². The van der Waals surface area contributed by atoms with E-state index in [9.17, 15) is 4.79 Å². The second kappa shape index (κ2) is 8.88. The van der Waals surface area contributed by atoms with E-state index in [0.29, 0.717) is 23.8 Å². The van der Waals surface area contributed by atoms with Gasteiger partial charge in [0.2, 0.25) is 0 Å². The summed E-state index contributed by atoms with van der Waals surface area (Å²) in [7, 11) is 0. The van der Waals surface area contributed by atoms with Crippen LogP contribution in [0.1, 0.15) is 35.4 Å². The zero-order valence-corrected chi connectivity index (χ0v) is 16.2. The maximum absolute atomic E-state index is 12.2. The summed E-state index contributed by atoms with van der Waals surface area (Å²) in [6.07, 6.45) is 1.73. The van der Waals surface area contributed by atoms with Crippen LogP contribution in [0.15, 0.2) is 42.3 Å². The Bertz CT molecular complexity index is 805. The number of ether oxygens (including phenoxy) is 2. The van der Waals surface area contributed by atoms with Gasteiger partial charge in [-0.05, 0) is 43.8 Å². The van der Waals surface area contributed by atoms with E-state index < -0.39 is 0 Å². The van der Waals surface area contributed by atoms with Gasteiger partial charge in [-0.3, -0.25) is 0 Å². The quantitative estimate of drug-likeness (QED) is 0.451. The van der Waals surface area contributed by atoms with Crippen molar-refractivity contribution >= 4 is 39.5 Å². The van der Waals surface area contributed by atoms with Gasteiger partial charge < -0.3 is 9.47 Å². The van der Waals surface area contributed by atoms with Gasteiger partial charge in [-0.2, -0.15) is 0 Å². The third kappa shape index (κ3) is 4.74. The Kier molecular flexibility index (Phi) is 6.85. The van der Waals surface area contributed by atoms with E-state index in [-0.39, 0.29) is 5.97 Å². The standard InChI is InChI=1S/C20H21ClO3S/c1-5-17(20(22)23-6-2)19-18(14(4)21)15(12-25-19)11-24-16-9-7-8-13(3)10-16/h5,7-10,12H,4,6,11H2,1-3H3/b17-5+. The first kappa shape index (κ1) is 19.3. The summed E-state index contributed by atoms with van der Waals surface area (Å²) in [5, 5.41) is 2.32. The molecule has 0 saturated carbocycles. The highest BCUT2D eigenvalue weighted by Gasteiger charge is 2.22. The van der Waals surface area contributed by atoms with E-state index in [0.717, 1.165) is 27.3 Å². The molecule has 0 aliphatic carbocycles. The zero-order chi connectivity index (χ0) is 18.4. The number of carbonyl (C=O) groups excluding carboxylic acids is 1. The first-order valence-electron chi connectivity index (χ1n) is 7.96. The number of rotatable bonds is 7. The molecule has 0 saturated heterocycles. The summed E-state index contributed by atoms with van der Waals surface area (Å²) in [5.74, 6) is 0.424. The Morgan fingerprint density at radius 1 is 1.40 bits per heavy atom. The fourth-order valence-electron chi connectivity index (χ4n) is 2.41. The summed E-state index contributed by atoms with van der Waals surface area (Å²) in [5.41, 5.74) is 3.25. The van der Waals surface area contributed by atoms with Crippen LogP contribution in [-0.2, 0) is 16.1 Å². The van der Waals surface area contributed by atoms with Crippen LogP contribution in [0, 0.1) is 6.92 Å². The lowest BCUT2D eigenvalue weighted by Gasteiger charge is -2.10. The predicted molar refractivity (Wildman–Crippen MR) is 105 cm³/mol. The molecule has 2 rings (SSSR count). The van der Waals surface area contributed by atoms with Crippen molar-refractivity contribution in [1.82, 2.24) is 0 Å². The van der Waals surface area contributed by atoms with E-state index in [1.807, 2.05) is 36.6 Å². The predicted octanol–water partition coefficient (Wildman–Crippen LogP) is 5.81. The second-order valence-electron chi connectivity index (χ2n) is 5.40. The summed E-state index contributed by atoms with van der Waals surface area (Å²) in [4.78, 5) is 12.9. The Morgan fingerprint density at radius 3 is 2.76 bits per heavy atom. The zero-order valence-electron chi connectivity index (χ0n) is 14.6. The average Bonchev–Trinajstić information content (AvgIpc) is 2.98. The summed E-state index contributed by atoms with van der Waals surface area (Å²) in [6, 6.07) is 7.84. The van der Waals surface area contributed by atoms with Gasteiger partial charge in [0.05, 0.1) is 17.1 Å². The number of benzene rings is 1. The molecule has 0 aliphatic heterocycles. The third-order valence-corrected chi connectivity index (χ3v) is 4.80. The summed E-state index contributed by atoms with van der Waals surface area (Å²) in [6.45, 7) is 10.1. The number of thiophene rings is 1. The van der Waals surface area contributed by atoms with Crippen molar-refractivity contribution in [1.29, 1.82) is 0 Å². The number of hydrogen-bond donors (Lipinski definition) is 0. The molecule has 0 amide bonds. The molecular weight excluding hydrogens is 356 g/mol. The van der Waals surface area contributed by atoms with Crippen molar-refractivity contribution in [3.05, 3.63) is 63.9 Å². The topological polar surface area (TPSA) is 35.5 Å². The normalized spacial score (nSPS) is 11.3. The maximum Gasteiger partial charge on any atom is 0.339 e. The van der Waals surface area contributed by atoms with Crippen LogP contribution in [0.4, 0.5) is 0 Å². The smallest absolute Gasteiger partial charge is 0.339 e. The monoisotopic (exact) mass is 376 g/mol. The third-order valence-electron chi connectivity index (χ3n) is 3.55. The second-order valence-corrected chi connectivity index (χ2v) is 6.73. The van der Waals surface area contributed by atoms with E-state index >= 15 is 0 Å². The van der Waals surface area contributed by atoms with E-state index in [2.05, 4.69) is 6.58 Å². The maximum atomic E-state index is 12.2. The summed E-state index contributed by atoms with van der Waals surface area (Å²) >= 11 is 7.66. The molecule has 1 heterocycles. The Labute approximate surface area is 157 Å². The lowest BCUT2D eigenvalue weighted by molar-refractivity contribution is -0.136. The summed E-state index contributed by atoms with van der Waals surface area (Å²) < 4.78 is 11.0. The van der Waals surface area contributed by atoms with Crippen molar-refractivity contribution in [3.63, 3.8) is 0 Å². The van der Waals surface area contributed by atoms with Gasteiger partial charge in [0, 0.05) is 16.2 Å². The number of hydrogen-bond acceptors (Lipinski definition) is 4. The molecule has 0 aliphatic rings. The number of allylic oxidation sites excluding steroid dienone is 1. The molecule has 5 heteroatoms. The van der Waals surface area contributed by atoms with Gasteiger partial charge in [-0.25, -0.2) is 4.79 Å². The van der Waals surface area contributed by atoms with Gasteiger partial charge in [-0.1, -0.05) is 36.4 Å². The molecule has 0 radical (unpaired) electrons. The van der Waals surface area contributed by atoms with Crippen molar-refractivity contribution in [3.8, 4) is 5.75 Å². The van der Waals surface area contributed by atoms with Crippen LogP contribution in [0.5, 0.6) is 5.75 Å². The molecule has 25 heavy (non-hydrogen) atoms. The SMILES string of the molecule is C=C(Cl)c1c(COc2cccc(C)c2)csc1/C(=C\C)C(=O)OCC. The van der Waals surface area contributed by atoms with Crippen LogP contribution in [0.2, 0.25) is 0 Å². The minimum atomic E-state index is -0.364. The number of halogens is 1. The molecular formula is C20H21ClO3S. The Balaban J connectivity index is 2.30. The molecule has 0 spiro atoms. The molecule has 1 aromatic carbocycles. The highest BCUT2D eigenvalue weighted by molar-refractivity contribution is 7.12. The molecule has 2 aromatic rings. The molecule has 0 atom stereocenters. The molecule has 0 fully saturated rings. The average molecular weight is 377 g/mol. The fourth-order valence-corrected chi connectivity index (χ4v) is 3.83. The fraction of sp³-hybridized carbons (Fsp3) is 0.250. The van der Waals surface area contributed by atoms with Crippen LogP contribution in [0.25, 0.3) is 10.6 Å². The van der Waals surface area contributed by atoms with Crippen LogP contribution < -0.4 is 4.74 Å². The molecule has 0 unspecified atom stereocenters. The minimum Gasteiger partial charge on any atom is -0.489 e. The van der Waals surface area contributed by atoms with Crippen LogP contribution in [0.3, 0.4) is 0 Å². The minimum absolute atomic E-state index is 0.321. The molecule has 132 valence electrons. The van der Waals surface area contributed by atoms with Crippen molar-refractivity contribution in [2.75, 3.05) is 6.61 Å². The first-order valence-corrected chi connectivity index (χ1v) is 9.22. The van der Waals surface area contributed by atoms with Crippen molar-refractivity contribution in [2.45, 2.75) is 27.4 Å². The van der Waals surface area contributed by atoms with E-state index in [1.165, 1.54) is 11.3 Å². The van der Waals surface area contributed by atoms with Gasteiger partial charge >= 0.3 is 5.97 Å². The molecule has 1 aromatic heterocycles. The van der Waals surface area contributed by atoms with Gasteiger partial charge in [0.1, 0.15) is 12.4 Å². The highest BCUT2D eigenvalue weighted by Crippen LogP contribution is 2.36. The number of esters is 1. The van der Waals surface area contributed by atoms with Crippen LogP contribution >= 0.6 is 22.9 Å². The van der Waals surface area contributed by atoms with E-state index in [4.69, 9.17) is 21.1 Å². The van der Waals surface area contributed by atoms with Gasteiger partial charge in [0.25, 0.3) is 0 Å². The van der Waals surface area contributed by atoms with E-state index in [1.54, 1.807) is 19.9 Å². The lowest BCUT2D eigenvalue weighted by Crippen LogP contribution is -2.07. The molecule has 0 bridgehead atoms. The molecule has 3 nitrogen and oxygen atoms in total.